The molecule has 0 saturated carbocycles. The van der Waals surface area contributed by atoms with E-state index in [1.807, 2.05) is 6.07 Å². The Morgan fingerprint density at radius 2 is 1.95 bits per heavy atom. The Labute approximate surface area is 115 Å². The molecular formula is C11H13N3O3S2. The molecule has 0 aliphatic carbocycles. The molecule has 1 aliphatic heterocycles. The first-order chi connectivity index (χ1) is 8.95. The normalized spacial score (nSPS) is 17.2. The molecule has 1 fully saturated rings. The van der Waals surface area contributed by atoms with Crippen molar-refractivity contribution in [3.63, 3.8) is 0 Å². The zero-order chi connectivity index (χ0) is 14.0. The van der Waals surface area contributed by atoms with E-state index in [0.717, 1.165) is 11.3 Å². The molecule has 1 amide bonds. The third kappa shape index (κ3) is 2.78. The number of sulfonamides is 1. The molecule has 0 atom stereocenters. The predicted octanol–water partition coefficient (Wildman–Crippen LogP) is 0.473. The first-order valence-electron chi connectivity index (χ1n) is 5.71. The van der Waals surface area contributed by atoms with Gasteiger partial charge < -0.3 is 4.90 Å². The summed E-state index contributed by atoms with van der Waals surface area (Å²) in [4.78, 5) is 13.2. The molecule has 0 radical (unpaired) electrons. The Kier molecular flexibility index (Phi) is 3.89. The molecule has 2 rings (SSSR count). The fourth-order valence-electron chi connectivity index (χ4n) is 1.89. The van der Waals surface area contributed by atoms with Gasteiger partial charge in [-0.05, 0) is 12.1 Å². The summed E-state index contributed by atoms with van der Waals surface area (Å²) in [7, 11) is -3.54. The first-order valence-corrected chi connectivity index (χ1v) is 7.96. The van der Waals surface area contributed by atoms with Crippen molar-refractivity contribution in [3.8, 4) is 6.07 Å². The summed E-state index contributed by atoms with van der Waals surface area (Å²) >= 11 is 0.969. The summed E-state index contributed by atoms with van der Waals surface area (Å²) in [6.45, 7) is 2.88. The van der Waals surface area contributed by atoms with E-state index in [9.17, 15) is 13.2 Å². The van der Waals surface area contributed by atoms with E-state index in [1.54, 1.807) is 4.90 Å². The molecule has 1 aliphatic rings. The van der Waals surface area contributed by atoms with Crippen LogP contribution in [0.2, 0.25) is 0 Å². The van der Waals surface area contributed by atoms with E-state index >= 15 is 0 Å². The summed E-state index contributed by atoms with van der Waals surface area (Å²) in [5.74, 6) is -0.0417. The Bertz CT molecular complexity index is 622. The van der Waals surface area contributed by atoms with Crippen LogP contribution in [0.1, 0.15) is 11.8 Å². The minimum Gasteiger partial charge on any atom is -0.340 e. The van der Waals surface area contributed by atoms with Crippen molar-refractivity contribution in [3.05, 3.63) is 17.0 Å². The van der Waals surface area contributed by atoms with Gasteiger partial charge in [-0.2, -0.15) is 9.57 Å². The topological polar surface area (TPSA) is 81.5 Å². The summed E-state index contributed by atoms with van der Waals surface area (Å²) < 4.78 is 26.2. The SMILES string of the molecule is CC(=O)N1CCN(S(=O)(=O)c2ccc(C#N)s2)CC1. The van der Waals surface area contributed by atoms with Gasteiger partial charge in [0.15, 0.2) is 0 Å². The van der Waals surface area contributed by atoms with E-state index in [-0.39, 0.29) is 10.1 Å². The van der Waals surface area contributed by atoms with E-state index in [4.69, 9.17) is 5.26 Å². The van der Waals surface area contributed by atoms with Crippen LogP contribution in [0.25, 0.3) is 0 Å². The zero-order valence-electron chi connectivity index (χ0n) is 10.4. The van der Waals surface area contributed by atoms with Crippen LogP contribution in [-0.2, 0) is 14.8 Å². The lowest BCUT2D eigenvalue weighted by Gasteiger charge is -2.33. The Morgan fingerprint density at radius 1 is 1.32 bits per heavy atom. The van der Waals surface area contributed by atoms with Crippen LogP contribution >= 0.6 is 11.3 Å². The maximum atomic E-state index is 12.3. The van der Waals surface area contributed by atoms with Crippen LogP contribution in [0.4, 0.5) is 0 Å². The summed E-state index contributed by atoms with van der Waals surface area (Å²) in [6.07, 6.45) is 0. The van der Waals surface area contributed by atoms with Gasteiger partial charge in [-0.15, -0.1) is 11.3 Å². The van der Waals surface area contributed by atoms with Crippen molar-refractivity contribution >= 4 is 27.3 Å². The number of nitriles is 1. The van der Waals surface area contributed by atoms with Crippen LogP contribution in [-0.4, -0.2) is 49.7 Å². The average Bonchev–Trinajstić information content (AvgIpc) is 2.88. The van der Waals surface area contributed by atoms with Crippen LogP contribution in [0.15, 0.2) is 16.3 Å². The van der Waals surface area contributed by atoms with Crippen LogP contribution in [0, 0.1) is 11.3 Å². The highest BCUT2D eigenvalue weighted by Gasteiger charge is 2.30. The number of piperazine rings is 1. The van der Waals surface area contributed by atoms with Gasteiger partial charge in [0.2, 0.25) is 5.91 Å². The molecule has 6 nitrogen and oxygen atoms in total. The molecule has 1 aromatic heterocycles. The van der Waals surface area contributed by atoms with E-state index < -0.39 is 10.0 Å². The van der Waals surface area contributed by atoms with Gasteiger partial charge in [0.05, 0.1) is 0 Å². The van der Waals surface area contributed by atoms with E-state index in [1.165, 1.54) is 23.4 Å². The summed E-state index contributed by atoms with van der Waals surface area (Å²) in [5.41, 5.74) is 0. The second-order valence-electron chi connectivity index (χ2n) is 4.14. The van der Waals surface area contributed by atoms with E-state index in [0.29, 0.717) is 31.1 Å². The number of hydrogen-bond donors (Lipinski definition) is 0. The number of carbonyl (C=O) groups excluding carboxylic acids is 1. The molecule has 0 unspecified atom stereocenters. The van der Waals surface area contributed by atoms with Gasteiger partial charge >= 0.3 is 0 Å². The fraction of sp³-hybridized carbons (Fsp3) is 0.455. The first kappa shape index (κ1) is 14.0. The number of rotatable bonds is 2. The number of hydrogen-bond acceptors (Lipinski definition) is 5. The smallest absolute Gasteiger partial charge is 0.252 e. The number of nitrogens with zero attached hydrogens (tertiary/aromatic N) is 3. The van der Waals surface area contributed by atoms with Gasteiger partial charge in [0.25, 0.3) is 10.0 Å². The van der Waals surface area contributed by atoms with Gasteiger partial charge in [-0.3, -0.25) is 4.79 Å². The summed E-state index contributed by atoms with van der Waals surface area (Å²) in [5, 5.41) is 8.73. The number of amides is 1. The minimum absolute atomic E-state index is 0.0417. The Balaban J connectivity index is 2.14. The second kappa shape index (κ2) is 5.28. The molecule has 2 heterocycles. The van der Waals surface area contributed by atoms with Crippen molar-refractivity contribution in [2.75, 3.05) is 26.2 Å². The molecule has 1 saturated heterocycles. The van der Waals surface area contributed by atoms with Crippen LogP contribution in [0.3, 0.4) is 0 Å². The van der Waals surface area contributed by atoms with Crippen molar-refractivity contribution in [1.82, 2.24) is 9.21 Å². The van der Waals surface area contributed by atoms with Gasteiger partial charge in [-0.1, -0.05) is 0 Å². The third-order valence-electron chi connectivity index (χ3n) is 2.97. The molecule has 102 valence electrons. The van der Waals surface area contributed by atoms with E-state index in [2.05, 4.69) is 0 Å². The fourth-order valence-corrected chi connectivity index (χ4v) is 4.57. The van der Waals surface area contributed by atoms with Gasteiger partial charge in [-0.25, -0.2) is 8.42 Å². The second-order valence-corrected chi connectivity index (χ2v) is 7.39. The molecule has 19 heavy (non-hydrogen) atoms. The number of thiophene rings is 1. The maximum Gasteiger partial charge on any atom is 0.252 e. The molecule has 0 spiro atoms. The third-order valence-corrected chi connectivity index (χ3v) is 6.33. The van der Waals surface area contributed by atoms with Crippen molar-refractivity contribution in [2.24, 2.45) is 0 Å². The Hall–Kier alpha value is -1.43. The Morgan fingerprint density at radius 3 is 2.42 bits per heavy atom. The highest BCUT2D eigenvalue weighted by molar-refractivity contribution is 7.91. The monoisotopic (exact) mass is 299 g/mol. The molecule has 0 bridgehead atoms. The predicted molar refractivity (Wildman–Crippen MR) is 70.0 cm³/mol. The number of carbonyl (C=O) groups is 1. The minimum atomic E-state index is -3.54. The molecule has 1 aromatic rings. The summed E-state index contributed by atoms with van der Waals surface area (Å²) in [6, 6.07) is 4.88. The van der Waals surface area contributed by atoms with Gasteiger partial charge in [0, 0.05) is 33.1 Å². The lowest BCUT2D eigenvalue weighted by Crippen LogP contribution is -2.49. The molecule has 8 heteroatoms. The van der Waals surface area contributed by atoms with Crippen molar-refractivity contribution < 1.29 is 13.2 Å². The van der Waals surface area contributed by atoms with Crippen molar-refractivity contribution in [2.45, 2.75) is 11.1 Å². The zero-order valence-corrected chi connectivity index (χ0v) is 12.0. The van der Waals surface area contributed by atoms with Gasteiger partial charge in [0.1, 0.15) is 15.2 Å². The molecule has 0 N–H and O–H groups in total. The van der Waals surface area contributed by atoms with Crippen LogP contribution in [0.5, 0.6) is 0 Å². The lowest BCUT2D eigenvalue weighted by molar-refractivity contribution is -0.129. The lowest BCUT2D eigenvalue weighted by atomic mass is 10.3. The highest BCUT2D eigenvalue weighted by Crippen LogP contribution is 2.25. The van der Waals surface area contributed by atoms with Crippen LogP contribution < -0.4 is 0 Å². The largest absolute Gasteiger partial charge is 0.340 e. The molecular weight excluding hydrogens is 286 g/mol. The quantitative estimate of drug-likeness (QED) is 0.795. The average molecular weight is 299 g/mol. The maximum absolute atomic E-state index is 12.3. The highest BCUT2D eigenvalue weighted by atomic mass is 32.2. The van der Waals surface area contributed by atoms with Crippen molar-refractivity contribution in [1.29, 1.82) is 5.26 Å². The standard InChI is InChI=1S/C11H13N3O3S2/c1-9(15)13-4-6-14(7-5-13)19(16,17)11-3-2-10(8-12)18-11/h2-3H,4-7H2,1H3. The molecule has 0 aromatic carbocycles.